The molecule has 0 radical (unpaired) electrons. The Bertz CT molecular complexity index is 660. The number of methoxy groups -OCH3 is 1. The lowest BCUT2D eigenvalue weighted by molar-refractivity contribution is 0.0937. The fraction of sp³-hybridized carbons (Fsp3) is 0.188. The van der Waals surface area contributed by atoms with Crippen molar-refractivity contribution in [3.8, 4) is 5.75 Å². The van der Waals surface area contributed by atoms with Crippen LogP contribution in [-0.2, 0) is 0 Å². The van der Waals surface area contributed by atoms with Crippen LogP contribution in [0.2, 0.25) is 5.02 Å². The zero-order valence-corrected chi connectivity index (χ0v) is 14.0. The van der Waals surface area contributed by atoms with Crippen LogP contribution >= 0.6 is 27.5 Å². The number of carbonyl (C=O) groups excluding carboxylic acids is 1. The summed E-state index contributed by atoms with van der Waals surface area (Å²) >= 11 is 9.33. The topological polar surface area (TPSA) is 38.3 Å². The number of benzene rings is 2. The Morgan fingerprint density at radius 3 is 2.71 bits per heavy atom. The quantitative estimate of drug-likeness (QED) is 0.856. The van der Waals surface area contributed by atoms with Crippen molar-refractivity contribution in [1.29, 1.82) is 0 Å². The first-order valence-electron chi connectivity index (χ1n) is 6.41. The monoisotopic (exact) mass is 367 g/mol. The van der Waals surface area contributed by atoms with Gasteiger partial charge in [-0.15, -0.1) is 0 Å². The molecule has 2 aromatic rings. The van der Waals surface area contributed by atoms with Gasteiger partial charge in [-0.05, 0) is 42.8 Å². The van der Waals surface area contributed by atoms with Crippen molar-refractivity contribution in [1.82, 2.24) is 5.32 Å². The van der Waals surface area contributed by atoms with Crippen molar-refractivity contribution < 1.29 is 9.53 Å². The van der Waals surface area contributed by atoms with Gasteiger partial charge in [0.2, 0.25) is 0 Å². The molecule has 0 fully saturated rings. The van der Waals surface area contributed by atoms with Crippen LogP contribution in [0.25, 0.3) is 0 Å². The van der Waals surface area contributed by atoms with Gasteiger partial charge in [0.05, 0.1) is 18.7 Å². The number of rotatable bonds is 4. The first-order valence-corrected chi connectivity index (χ1v) is 7.58. The molecule has 1 atom stereocenters. The zero-order valence-electron chi connectivity index (χ0n) is 11.7. The van der Waals surface area contributed by atoms with Crippen molar-refractivity contribution in [3.63, 3.8) is 0 Å². The minimum absolute atomic E-state index is 0.115. The second kappa shape index (κ2) is 6.96. The summed E-state index contributed by atoms with van der Waals surface area (Å²) in [5.41, 5.74) is 1.48. The van der Waals surface area contributed by atoms with Crippen LogP contribution in [0.1, 0.15) is 28.9 Å². The summed E-state index contributed by atoms with van der Waals surface area (Å²) in [5.74, 6) is 0.262. The van der Waals surface area contributed by atoms with Gasteiger partial charge in [0, 0.05) is 9.50 Å². The third-order valence-corrected chi connectivity index (χ3v) is 3.83. The summed E-state index contributed by atoms with van der Waals surface area (Å²) in [6, 6.07) is 12.7. The average molecular weight is 369 g/mol. The molecular formula is C16H15BrClNO2. The largest absolute Gasteiger partial charge is 0.496 e. The molecule has 1 unspecified atom stereocenters. The maximum Gasteiger partial charge on any atom is 0.255 e. The van der Waals surface area contributed by atoms with E-state index in [1.54, 1.807) is 18.2 Å². The lowest BCUT2D eigenvalue weighted by Gasteiger charge is -2.16. The average Bonchev–Trinajstić information content (AvgIpc) is 2.46. The number of ether oxygens (including phenoxy) is 1. The van der Waals surface area contributed by atoms with Crippen LogP contribution in [0.5, 0.6) is 5.75 Å². The second-order valence-corrected chi connectivity index (χ2v) is 5.95. The smallest absolute Gasteiger partial charge is 0.255 e. The highest BCUT2D eigenvalue weighted by atomic mass is 79.9. The number of halogens is 2. The Morgan fingerprint density at radius 1 is 1.29 bits per heavy atom. The number of nitrogens with one attached hydrogen (secondary N) is 1. The van der Waals surface area contributed by atoms with Gasteiger partial charge in [-0.25, -0.2) is 0 Å². The van der Waals surface area contributed by atoms with E-state index in [4.69, 9.17) is 16.3 Å². The molecule has 0 aliphatic rings. The van der Waals surface area contributed by atoms with Crippen molar-refractivity contribution >= 4 is 33.4 Å². The summed E-state index contributed by atoms with van der Waals surface area (Å²) < 4.78 is 6.18. The Labute approximate surface area is 137 Å². The summed E-state index contributed by atoms with van der Waals surface area (Å²) in [4.78, 5) is 12.4. The summed E-state index contributed by atoms with van der Waals surface area (Å²) in [7, 11) is 1.51. The van der Waals surface area contributed by atoms with Gasteiger partial charge in [0.25, 0.3) is 5.91 Å². The summed E-state index contributed by atoms with van der Waals surface area (Å²) in [5, 5.41) is 3.48. The molecule has 1 amide bonds. The van der Waals surface area contributed by atoms with Crippen LogP contribution in [-0.4, -0.2) is 13.0 Å². The molecule has 0 spiro atoms. The first-order chi connectivity index (χ1) is 10.0. The molecule has 2 rings (SSSR count). The molecule has 0 saturated carbocycles. The van der Waals surface area contributed by atoms with Gasteiger partial charge >= 0.3 is 0 Å². The SMILES string of the molecule is COc1cc(Cl)ccc1C(=O)NC(C)c1cccc(Br)c1. The number of hydrogen-bond acceptors (Lipinski definition) is 2. The lowest BCUT2D eigenvalue weighted by atomic mass is 10.1. The van der Waals surface area contributed by atoms with Crippen LogP contribution in [0.4, 0.5) is 0 Å². The van der Waals surface area contributed by atoms with E-state index in [0.717, 1.165) is 10.0 Å². The normalized spacial score (nSPS) is 11.8. The molecular weight excluding hydrogens is 354 g/mol. The Hall–Kier alpha value is -1.52. The molecule has 110 valence electrons. The molecule has 0 aliphatic carbocycles. The standard InChI is InChI=1S/C16H15BrClNO2/c1-10(11-4-3-5-12(17)8-11)19-16(20)14-7-6-13(18)9-15(14)21-2/h3-10H,1-2H3,(H,19,20). The predicted molar refractivity (Wildman–Crippen MR) is 88.0 cm³/mol. The fourth-order valence-corrected chi connectivity index (χ4v) is 2.57. The Morgan fingerprint density at radius 2 is 2.05 bits per heavy atom. The first kappa shape index (κ1) is 15.9. The van der Waals surface area contributed by atoms with Gasteiger partial charge in [-0.2, -0.15) is 0 Å². The van der Waals surface area contributed by atoms with Crippen molar-refractivity contribution in [2.24, 2.45) is 0 Å². The van der Waals surface area contributed by atoms with E-state index < -0.39 is 0 Å². The van der Waals surface area contributed by atoms with E-state index in [-0.39, 0.29) is 11.9 Å². The zero-order chi connectivity index (χ0) is 15.4. The fourth-order valence-electron chi connectivity index (χ4n) is 1.99. The highest BCUT2D eigenvalue weighted by molar-refractivity contribution is 9.10. The third-order valence-electron chi connectivity index (χ3n) is 3.10. The maximum absolute atomic E-state index is 12.4. The Balaban J connectivity index is 2.18. The summed E-state index contributed by atoms with van der Waals surface area (Å²) in [6.07, 6.45) is 0. The molecule has 0 saturated heterocycles. The minimum Gasteiger partial charge on any atom is -0.496 e. The van der Waals surface area contributed by atoms with Crippen LogP contribution in [0, 0.1) is 0 Å². The lowest BCUT2D eigenvalue weighted by Crippen LogP contribution is -2.27. The van der Waals surface area contributed by atoms with Gasteiger partial charge in [-0.3, -0.25) is 4.79 Å². The third kappa shape index (κ3) is 3.99. The molecule has 5 heteroatoms. The van der Waals surface area contributed by atoms with Crippen LogP contribution in [0.15, 0.2) is 46.9 Å². The second-order valence-electron chi connectivity index (χ2n) is 4.59. The van der Waals surface area contributed by atoms with Gasteiger partial charge in [0.15, 0.2) is 0 Å². The van der Waals surface area contributed by atoms with Gasteiger partial charge < -0.3 is 10.1 Å². The molecule has 1 N–H and O–H groups in total. The molecule has 0 aliphatic heterocycles. The molecule has 2 aromatic carbocycles. The van der Waals surface area contributed by atoms with Crippen molar-refractivity contribution in [3.05, 3.63) is 63.1 Å². The van der Waals surface area contributed by atoms with E-state index in [0.29, 0.717) is 16.3 Å². The molecule has 3 nitrogen and oxygen atoms in total. The van der Waals surface area contributed by atoms with Crippen molar-refractivity contribution in [2.45, 2.75) is 13.0 Å². The van der Waals surface area contributed by atoms with E-state index in [2.05, 4.69) is 21.2 Å². The molecule has 0 bridgehead atoms. The molecule has 0 aromatic heterocycles. The molecule has 0 heterocycles. The van der Waals surface area contributed by atoms with E-state index in [1.165, 1.54) is 7.11 Å². The number of hydrogen-bond donors (Lipinski definition) is 1. The van der Waals surface area contributed by atoms with Crippen molar-refractivity contribution in [2.75, 3.05) is 7.11 Å². The number of amides is 1. The van der Waals surface area contributed by atoms with E-state index in [1.807, 2.05) is 31.2 Å². The Kier molecular flexibility index (Phi) is 5.26. The van der Waals surface area contributed by atoms with E-state index in [9.17, 15) is 4.79 Å². The van der Waals surface area contributed by atoms with Crippen LogP contribution < -0.4 is 10.1 Å². The highest BCUT2D eigenvalue weighted by Gasteiger charge is 2.16. The highest BCUT2D eigenvalue weighted by Crippen LogP contribution is 2.24. The minimum atomic E-state index is -0.198. The molecule has 21 heavy (non-hydrogen) atoms. The van der Waals surface area contributed by atoms with Crippen LogP contribution in [0.3, 0.4) is 0 Å². The van der Waals surface area contributed by atoms with E-state index >= 15 is 0 Å². The number of carbonyl (C=O) groups is 1. The summed E-state index contributed by atoms with van der Waals surface area (Å²) in [6.45, 7) is 1.93. The van der Waals surface area contributed by atoms with Gasteiger partial charge in [-0.1, -0.05) is 39.7 Å². The predicted octanol–water partition coefficient (Wildman–Crippen LogP) is 4.60. The van der Waals surface area contributed by atoms with Gasteiger partial charge in [0.1, 0.15) is 5.75 Å². The maximum atomic E-state index is 12.4.